The molecule has 1 heterocycles. The number of hydrogen-bond acceptors (Lipinski definition) is 3. The zero-order valence-corrected chi connectivity index (χ0v) is 9.18. The summed E-state index contributed by atoms with van der Waals surface area (Å²) in [7, 11) is 0. The van der Waals surface area contributed by atoms with Gasteiger partial charge in [-0.05, 0) is 31.4 Å². The summed E-state index contributed by atoms with van der Waals surface area (Å²) in [6.07, 6.45) is 5.45. The fourth-order valence-corrected chi connectivity index (χ4v) is 2.36. The predicted molar refractivity (Wildman–Crippen MR) is 57.2 cm³/mol. The van der Waals surface area contributed by atoms with Gasteiger partial charge in [-0.1, -0.05) is 6.92 Å². The van der Waals surface area contributed by atoms with Crippen LogP contribution < -0.4 is 0 Å². The summed E-state index contributed by atoms with van der Waals surface area (Å²) in [6.45, 7) is 3.33. The van der Waals surface area contributed by atoms with Crippen molar-refractivity contribution in [1.29, 1.82) is 0 Å². The van der Waals surface area contributed by atoms with Crippen molar-refractivity contribution < 1.29 is 9.84 Å². The maximum absolute atomic E-state index is 8.80. The molecule has 1 rings (SSSR count). The van der Waals surface area contributed by atoms with Gasteiger partial charge in [-0.15, -0.1) is 0 Å². The first kappa shape index (κ1) is 11.3. The SMILES string of the molecule is CC(CO)SCCCC1CCCO1. The Kier molecular flexibility index (Phi) is 5.83. The molecule has 0 aromatic rings. The van der Waals surface area contributed by atoms with Gasteiger partial charge in [-0.25, -0.2) is 0 Å². The number of aliphatic hydroxyl groups is 1. The minimum absolute atomic E-state index is 0.296. The largest absolute Gasteiger partial charge is 0.395 e. The summed E-state index contributed by atoms with van der Waals surface area (Å²) in [5.74, 6) is 1.15. The van der Waals surface area contributed by atoms with Gasteiger partial charge >= 0.3 is 0 Å². The molecule has 2 nitrogen and oxygen atoms in total. The first-order valence-electron chi connectivity index (χ1n) is 5.17. The summed E-state index contributed by atoms with van der Waals surface area (Å²) in [4.78, 5) is 0. The number of aliphatic hydroxyl groups excluding tert-OH is 1. The van der Waals surface area contributed by atoms with E-state index in [1.165, 1.54) is 25.7 Å². The van der Waals surface area contributed by atoms with Crippen molar-refractivity contribution in [1.82, 2.24) is 0 Å². The van der Waals surface area contributed by atoms with Crippen molar-refractivity contribution in [3.63, 3.8) is 0 Å². The maximum atomic E-state index is 8.80. The smallest absolute Gasteiger partial charge is 0.0576 e. The van der Waals surface area contributed by atoms with Crippen molar-refractivity contribution in [2.24, 2.45) is 0 Å². The van der Waals surface area contributed by atoms with Gasteiger partial charge in [0.2, 0.25) is 0 Å². The lowest BCUT2D eigenvalue weighted by atomic mass is 10.1. The molecule has 1 fully saturated rings. The molecule has 78 valence electrons. The Morgan fingerprint density at radius 3 is 3.08 bits per heavy atom. The van der Waals surface area contributed by atoms with Crippen LogP contribution in [0.5, 0.6) is 0 Å². The van der Waals surface area contributed by atoms with E-state index in [4.69, 9.17) is 9.84 Å². The van der Waals surface area contributed by atoms with E-state index in [9.17, 15) is 0 Å². The molecule has 0 aromatic heterocycles. The quantitative estimate of drug-likeness (QED) is 0.672. The van der Waals surface area contributed by atoms with Crippen LogP contribution in [0.4, 0.5) is 0 Å². The van der Waals surface area contributed by atoms with Gasteiger partial charge in [0.05, 0.1) is 12.7 Å². The second-order valence-corrected chi connectivity index (χ2v) is 5.19. The van der Waals surface area contributed by atoms with E-state index >= 15 is 0 Å². The molecule has 1 N–H and O–H groups in total. The average Bonchev–Trinajstić information content (AvgIpc) is 2.64. The third kappa shape index (κ3) is 4.89. The van der Waals surface area contributed by atoms with E-state index in [-0.39, 0.29) is 0 Å². The summed E-state index contributed by atoms with van der Waals surface area (Å²) in [5.41, 5.74) is 0. The van der Waals surface area contributed by atoms with Crippen LogP contribution in [0.3, 0.4) is 0 Å². The molecule has 1 aliphatic heterocycles. The van der Waals surface area contributed by atoms with Crippen LogP contribution in [0.25, 0.3) is 0 Å². The van der Waals surface area contributed by atoms with E-state index in [1.807, 2.05) is 11.8 Å². The predicted octanol–water partition coefficient (Wildman–Crippen LogP) is 2.06. The highest BCUT2D eigenvalue weighted by atomic mass is 32.2. The average molecular weight is 204 g/mol. The van der Waals surface area contributed by atoms with E-state index in [0.717, 1.165) is 12.4 Å². The molecular weight excluding hydrogens is 184 g/mol. The standard InChI is InChI=1S/C10H20O2S/c1-9(8-11)13-7-3-5-10-4-2-6-12-10/h9-11H,2-8H2,1H3. The van der Waals surface area contributed by atoms with Crippen LogP contribution >= 0.6 is 11.8 Å². The lowest BCUT2D eigenvalue weighted by molar-refractivity contribution is 0.104. The Balaban J connectivity index is 1.88. The van der Waals surface area contributed by atoms with Crippen molar-refractivity contribution in [3.05, 3.63) is 0 Å². The number of rotatable bonds is 6. The summed E-state index contributed by atoms with van der Waals surface area (Å²) in [5, 5.41) is 9.19. The minimum atomic E-state index is 0.296. The number of thioether (sulfide) groups is 1. The second-order valence-electron chi connectivity index (χ2n) is 3.64. The van der Waals surface area contributed by atoms with Crippen LogP contribution in [0, 0.1) is 0 Å². The van der Waals surface area contributed by atoms with Crippen LogP contribution in [0.1, 0.15) is 32.6 Å². The molecule has 0 spiro atoms. The maximum Gasteiger partial charge on any atom is 0.0576 e. The molecule has 3 heteroatoms. The molecule has 0 amide bonds. The molecule has 0 radical (unpaired) electrons. The molecule has 0 bridgehead atoms. The molecule has 2 unspecified atom stereocenters. The van der Waals surface area contributed by atoms with Crippen LogP contribution in [-0.2, 0) is 4.74 Å². The molecule has 0 aromatic carbocycles. The molecule has 13 heavy (non-hydrogen) atoms. The Morgan fingerprint density at radius 1 is 1.62 bits per heavy atom. The summed E-state index contributed by atoms with van der Waals surface area (Å²) >= 11 is 1.85. The third-order valence-electron chi connectivity index (χ3n) is 2.35. The van der Waals surface area contributed by atoms with E-state index in [1.54, 1.807) is 0 Å². The zero-order valence-electron chi connectivity index (χ0n) is 8.37. The zero-order chi connectivity index (χ0) is 9.52. The first-order valence-corrected chi connectivity index (χ1v) is 6.22. The normalized spacial score (nSPS) is 24.9. The molecule has 1 aliphatic rings. The second kappa shape index (κ2) is 6.68. The Bertz CT molecular complexity index is 124. The summed E-state index contributed by atoms with van der Waals surface area (Å²) in [6, 6.07) is 0. The Morgan fingerprint density at radius 2 is 2.46 bits per heavy atom. The Labute approximate surface area is 85.0 Å². The van der Waals surface area contributed by atoms with Crippen molar-refractivity contribution in [2.45, 2.75) is 44.0 Å². The van der Waals surface area contributed by atoms with E-state index in [0.29, 0.717) is 18.0 Å². The monoisotopic (exact) mass is 204 g/mol. The van der Waals surface area contributed by atoms with Gasteiger partial charge < -0.3 is 9.84 Å². The molecule has 0 aliphatic carbocycles. The van der Waals surface area contributed by atoms with Gasteiger partial charge in [-0.3, -0.25) is 0 Å². The lowest BCUT2D eigenvalue weighted by Gasteiger charge is -2.10. The molecular formula is C10H20O2S. The highest BCUT2D eigenvalue weighted by Crippen LogP contribution is 2.19. The van der Waals surface area contributed by atoms with Crippen LogP contribution in [-0.4, -0.2) is 35.4 Å². The van der Waals surface area contributed by atoms with E-state index in [2.05, 4.69) is 6.92 Å². The highest BCUT2D eigenvalue weighted by molar-refractivity contribution is 7.99. The van der Waals surface area contributed by atoms with Gasteiger partial charge in [0.15, 0.2) is 0 Å². The minimum Gasteiger partial charge on any atom is -0.395 e. The first-order chi connectivity index (χ1) is 6.33. The third-order valence-corrected chi connectivity index (χ3v) is 3.60. The fourth-order valence-electron chi connectivity index (χ4n) is 1.52. The number of hydrogen-bond donors (Lipinski definition) is 1. The number of ether oxygens (including phenoxy) is 1. The van der Waals surface area contributed by atoms with Crippen molar-refractivity contribution in [2.75, 3.05) is 19.0 Å². The van der Waals surface area contributed by atoms with Crippen molar-refractivity contribution in [3.8, 4) is 0 Å². The van der Waals surface area contributed by atoms with Crippen LogP contribution in [0.2, 0.25) is 0 Å². The molecule has 1 saturated heterocycles. The van der Waals surface area contributed by atoms with Gasteiger partial charge in [0, 0.05) is 11.9 Å². The lowest BCUT2D eigenvalue weighted by Crippen LogP contribution is -2.07. The van der Waals surface area contributed by atoms with Gasteiger partial charge in [-0.2, -0.15) is 11.8 Å². The topological polar surface area (TPSA) is 29.5 Å². The molecule has 2 atom stereocenters. The summed E-state index contributed by atoms with van der Waals surface area (Å²) < 4.78 is 5.53. The van der Waals surface area contributed by atoms with Crippen LogP contribution in [0.15, 0.2) is 0 Å². The van der Waals surface area contributed by atoms with E-state index < -0.39 is 0 Å². The van der Waals surface area contributed by atoms with Crippen molar-refractivity contribution >= 4 is 11.8 Å². The van der Waals surface area contributed by atoms with Gasteiger partial charge in [0.1, 0.15) is 0 Å². The fraction of sp³-hybridized carbons (Fsp3) is 1.00. The Hall–Kier alpha value is 0.270. The van der Waals surface area contributed by atoms with Gasteiger partial charge in [0.25, 0.3) is 0 Å². The molecule has 0 saturated carbocycles. The highest BCUT2D eigenvalue weighted by Gasteiger charge is 2.14.